The number of thiazole rings is 1. The van der Waals surface area contributed by atoms with E-state index < -0.39 is 0 Å². The predicted octanol–water partition coefficient (Wildman–Crippen LogP) is 3.75. The van der Waals surface area contributed by atoms with Crippen molar-refractivity contribution in [1.29, 1.82) is 0 Å². The van der Waals surface area contributed by atoms with Gasteiger partial charge < -0.3 is 4.90 Å². The molecule has 0 radical (unpaired) electrons. The molecule has 0 N–H and O–H groups in total. The van der Waals surface area contributed by atoms with Gasteiger partial charge in [-0.05, 0) is 37.3 Å². The van der Waals surface area contributed by atoms with Gasteiger partial charge in [0, 0.05) is 23.5 Å². The lowest BCUT2D eigenvalue weighted by Gasteiger charge is -2.28. The zero-order valence-electron chi connectivity index (χ0n) is 11.3. The molecule has 4 heteroatoms. The third kappa shape index (κ3) is 1.86. The highest BCUT2D eigenvalue weighted by Crippen LogP contribution is 2.38. The van der Waals surface area contributed by atoms with E-state index in [0.717, 1.165) is 43.1 Å². The molecule has 2 heterocycles. The Kier molecular flexibility index (Phi) is 2.84. The average molecular weight is 284 g/mol. The Balaban J connectivity index is 1.77. The molecule has 0 atom stereocenters. The molecule has 4 rings (SSSR count). The molecule has 1 aliphatic carbocycles. The summed E-state index contributed by atoms with van der Waals surface area (Å²) in [6, 6.07) is 8.53. The number of nitrogens with zero attached hydrogens (tertiary/aromatic N) is 2. The Bertz CT molecular complexity index is 677. The van der Waals surface area contributed by atoms with Crippen LogP contribution in [0.25, 0.3) is 0 Å². The van der Waals surface area contributed by atoms with Crippen LogP contribution in [0.4, 0.5) is 10.8 Å². The zero-order chi connectivity index (χ0) is 13.5. The minimum Gasteiger partial charge on any atom is -0.318 e. The lowest BCUT2D eigenvalue weighted by Crippen LogP contribution is -2.24. The van der Waals surface area contributed by atoms with E-state index >= 15 is 0 Å². The molecule has 102 valence electrons. The SMILES string of the molecule is O=C1CCCc2sc(N3CCCc4ccccc43)nc21. The number of Topliss-reactive ketones (excluding diaryl/α,β-unsaturated/α-hetero) is 1. The zero-order valence-corrected chi connectivity index (χ0v) is 12.1. The van der Waals surface area contributed by atoms with E-state index in [0.29, 0.717) is 6.42 Å². The molecular formula is C16H16N2OS. The molecule has 0 saturated heterocycles. The Morgan fingerprint density at radius 2 is 2.00 bits per heavy atom. The van der Waals surface area contributed by atoms with Crippen molar-refractivity contribution in [3.05, 3.63) is 40.4 Å². The molecule has 0 bridgehead atoms. The summed E-state index contributed by atoms with van der Waals surface area (Å²) in [5.41, 5.74) is 3.38. The highest BCUT2D eigenvalue weighted by atomic mass is 32.1. The van der Waals surface area contributed by atoms with Crippen molar-refractivity contribution in [2.45, 2.75) is 32.1 Å². The lowest BCUT2D eigenvalue weighted by molar-refractivity contribution is 0.0968. The Hall–Kier alpha value is -1.68. The first-order valence-corrected chi connectivity index (χ1v) is 8.03. The van der Waals surface area contributed by atoms with Crippen molar-refractivity contribution in [3.8, 4) is 0 Å². The highest BCUT2D eigenvalue weighted by Gasteiger charge is 2.26. The van der Waals surface area contributed by atoms with Gasteiger partial charge in [0.2, 0.25) is 0 Å². The standard InChI is InChI=1S/C16H16N2OS/c19-13-8-3-9-14-15(13)17-16(20-14)18-10-4-6-11-5-1-2-7-12(11)18/h1-2,5,7H,3-4,6,8-10H2. The predicted molar refractivity (Wildman–Crippen MR) is 81.2 cm³/mol. The summed E-state index contributed by atoms with van der Waals surface area (Å²) in [4.78, 5) is 20.1. The second-order valence-electron chi connectivity index (χ2n) is 5.43. The lowest BCUT2D eigenvalue weighted by atomic mass is 10.0. The topological polar surface area (TPSA) is 33.2 Å². The third-order valence-electron chi connectivity index (χ3n) is 4.10. The minimum absolute atomic E-state index is 0.221. The number of hydrogen-bond acceptors (Lipinski definition) is 4. The fourth-order valence-corrected chi connectivity index (χ4v) is 4.26. The van der Waals surface area contributed by atoms with Crippen molar-refractivity contribution in [1.82, 2.24) is 4.98 Å². The number of fused-ring (bicyclic) bond motifs is 2. The number of aryl methyl sites for hydroxylation is 2. The van der Waals surface area contributed by atoms with E-state index in [9.17, 15) is 4.79 Å². The van der Waals surface area contributed by atoms with E-state index in [1.807, 2.05) is 0 Å². The van der Waals surface area contributed by atoms with E-state index in [4.69, 9.17) is 0 Å². The van der Waals surface area contributed by atoms with Crippen LogP contribution in [0, 0.1) is 0 Å². The third-order valence-corrected chi connectivity index (χ3v) is 5.24. The van der Waals surface area contributed by atoms with Crippen LogP contribution >= 0.6 is 11.3 Å². The van der Waals surface area contributed by atoms with Crippen molar-refractivity contribution in [2.24, 2.45) is 0 Å². The van der Waals surface area contributed by atoms with Crippen molar-refractivity contribution >= 4 is 27.9 Å². The molecule has 20 heavy (non-hydrogen) atoms. The van der Waals surface area contributed by atoms with Crippen LogP contribution in [0.5, 0.6) is 0 Å². The maximum atomic E-state index is 12.0. The largest absolute Gasteiger partial charge is 0.318 e. The summed E-state index contributed by atoms with van der Waals surface area (Å²) < 4.78 is 0. The molecule has 2 aliphatic rings. The fraction of sp³-hybridized carbons (Fsp3) is 0.375. The summed E-state index contributed by atoms with van der Waals surface area (Å²) in [5, 5.41) is 0.998. The molecule has 0 unspecified atom stereocenters. The Labute approximate surface area is 122 Å². The van der Waals surface area contributed by atoms with Gasteiger partial charge in [-0.2, -0.15) is 0 Å². The Morgan fingerprint density at radius 3 is 2.90 bits per heavy atom. The molecular weight excluding hydrogens is 268 g/mol. The second-order valence-corrected chi connectivity index (χ2v) is 6.49. The van der Waals surface area contributed by atoms with Gasteiger partial charge in [-0.3, -0.25) is 4.79 Å². The van der Waals surface area contributed by atoms with E-state index in [2.05, 4.69) is 34.1 Å². The smallest absolute Gasteiger partial charge is 0.190 e. The molecule has 1 aromatic carbocycles. The number of benzene rings is 1. The van der Waals surface area contributed by atoms with Gasteiger partial charge in [-0.25, -0.2) is 4.98 Å². The van der Waals surface area contributed by atoms with Crippen LogP contribution in [0.2, 0.25) is 0 Å². The number of anilines is 2. The van der Waals surface area contributed by atoms with E-state index in [1.54, 1.807) is 11.3 Å². The summed E-state index contributed by atoms with van der Waals surface area (Å²) >= 11 is 1.70. The first-order chi connectivity index (χ1) is 9.83. The Morgan fingerprint density at radius 1 is 1.10 bits per heavy atom. The number of aromatic nitrogens is 1. The molecule has 0 spiro atoms. The van der Waals surface area contributed by atoms with Crippen LogP contribution in [0.3, 0.4) is 0 Å². The normalized spacial score (nSPS) is 17.8. The van der Waals surface area contributed by atoms with Gasteiger partial charge in [-0.1, -0.05) is 18.2 Å². The molecule has 1 aliphatic heterocycles. The first-order valence-electron chi connectivity index (χ1n) is 7.21. The number of carbonyl (C=O) groups excluding carboxylic acids is 1. The van der Waals surface area contributed by atoms with Crippen LogP contribution in [0.1, 0.15) is 40.2 Å². The first kappa shape index (κ1) is 12.1. The van der Waals surface area contributed by atoms with Gasteiger partial charge in [0.15, 0.2) is 10.9 Å². The highest BCUT2D eigenvalue weighted by molar-refractivity contribution is 7.16. The van der Waals surface area contributed by atoms with Gasteiger partial charge >= 0.3 is 0 Å². The molecule has 1 aromatic heterocycles. The van der Waals surface area contributed by atoms with Crippen molar-refractivity contribution in [2.75, 3.05) is 11.4 Å². The van der Waals surface area contributed by atoms with Crippen LogP contribution in [0.15, 0.2) is 24.3 Å². The maximum absolute atomic E-state index is 12.0. The number of hydrogen-bond donors (Lipinski definition) is 0. The number of ketones is 1. The number of para-hydroxylation sites is 1. The van der Waals surface area contributed by atoms with Gasteiger partial charge in [0.05, 0.1) is 0 Å². The fourth-order valence-electron chi connectivity index (χ4n) is 3.10. The summed E-state index contributed by atoms with van der Waals surface area (Å²) in [5.74, 6) is 0.221. The minimum atomic E-state index is 0.221. The van der Waals surface area contributed by atoms with Crippen molar-refractivity contribution < 1.29 is 4.79 Å². The van der Waals surface area contributed by atoms with Crippen LogP contribution in [-0.2, 0) is 12.8 Å². The second kappa shape index (κ2) is 4.70. The molecule has 3 nitrogen and oxygen atoms in total. The van der Waals surface area contributed by atoms with E-state index in [-0.39, 0.29) is 5.78 Å². The van der Waals surface area contributed by atoms with Gasteiger partial charge in [0.25, 0.3) is 0 Å². The monoisotopic (exact) mass is 284 g/mol. The summed E-state index contributed by atoms with van der Waals surface area (Å²) in [6.45, 7) is 0.998. The van der Waals surface area contributed by atoms with Gasteiger partial charge in [-0.15, -0.1) is 11.3 Å². The van der Waals surface area contributed by atoms with Crippen LogP contribution in [-0.4, -0.2) is 17.3 Å². The quantitative estimate of drug-likeness (QED) is 0.799. The summed E-state index contributed by atoms with van der Waals surface area (Å²) in [6.07, 6.45) is 4.93. The molecule has 0 amide bonds. The molecule has 0 saturated carbocycles. The summed E-state index contributed by atoms with van der Waals surface area (Å²) in [7, 11) is 0. The molecule has 2 aromatic rings. The van der Waals surface area contributed by atoms with Crippen molar-refractivity contribution in [3.63, 3.8) is 0 Å². The average Bonchev–Trinajstić information content (AvgIpc) is 2.92. The molecule has 0 fully saturated rings. The van der Waals surface area contributed by atoms with Gasteiger partial charge in [0.1, 0.15) is 5.69 Å². The number of carbonyl (C=O) groups is 1. The maximum Gasteiger partial charge on any atom is 0.190 e. The number of rotatable bonds is 1. The van der Waals surface area contributed by atoms with Crippen LogP contribution < -0.4 is 4.90 Å². The van der Waals surface area contributed by atoms with E-state index in [1.165, 1.54) is 16.1 Å².